The van der Waals surface area contributed by atoms with Crippen molar-refractivity contribution < 1.29 is 28.6 Å². The van der Waals surface area contributed by atoms with E-state index in [-0.39, 0.29) is 16.0 Å². The molecule has 3 N–H and O–H groups in total. The Bertz CT molecular complexity index is 373. The topological polar surface area (TPSA) is 112 Å². The zero-order valence-corrected chi connectivity index (χ0v) is 8.02. The second-order valence-electron chi connectivity index (χ2n) is 2.61. The summed E-state index contributed by atoms with van der Waals surface area (Å²) < 4.78 is 19.4. The number of hydrogen-bond donors (Lipinski definition) is 3. The molecule has 0 fully saturated rings. The molecular weight excluding hydrogens is 224 g/mol. The van der Waals surface area contributed by atoms with Gasteiger partial charge in [0, 0.05) is 0 Å². The van der Waals surface area contributed by atoms with Crippen molar-refractivity contribution in [1.82, 2.24) is 0 Å². The molecule has 0 aliphatic rings. The second-order valence-corrected chi connectivity index (χ2v) is 3.58. The highest BCUT2D eigenvalue weighted by Gasteiger charge is 2.13. The van der Waals surface area contributed by atoms with Crippen LogP contribution in [0.2, 0.25) is 0 Å². The molecular formula is C8H6O6S. The van der Waals surface area contributed by atoms with E-state index in [0.29, 0.717) is 0 Å². The number of rotatable bonds is 3. The predicted molar refractivity (Wildman–Crippen MR) is 49.4 cm³/mol. The van der Waals surface area contributed by atoms with Crippen molar-refractivity contribution in [2.45, 2.75) is 4.90 Å². The lowest BCUT2D eigenvalue weighted by molar-refractivity contribution is 0.0696. The van der Waals surface area contributed by atoms with Gasteiger partial charge in [-0.2, -0.15) is 0 Å². The summed E-state index contributed by atoms with van der Waals surface area (Å²) in [5.74, 6) is -2.71. The SMILES string of the molecule is O=C(O)c1cc(C(=O)O)cc(S(=O)O)c1. The third-order valence-electron chi connectivity index (χ3n) is 1.60. The maximum absolute atomic E-state index is 10.7. The Hall–Kier alpha value is -1.73. The Morgan fingerprint density at radius 3 is 1.67 bits per heavy atom. The Morgan fingerprint density at radius 1 is 1.00 bits per heavy atom. The van der Waals surface area contributed by atoms with Gasteiger partial charge in [0.25, 0.3) is 0 Å². The van der Waals surface area contributed by atoms with Gasteiger partial charge in [-0.25, -0.2) is 13.8 Å². The molecule has 6 nitrogen and oxygen atoms in total. The number of carboxylic acids is 2. The number of benzene rings is 1. The van der Waals surface area contributed by atoms with Gasteiger partial charge in [0.2, 0.25) is 0 Å². The first kappa shape index (κ1) is 11.3. The molecule has 0 radical (unpaired) electrons. The summed E-state index contributed by atoms with van der Waals surface area (Å²) in [4.78, 5) is 20.9. The number of aromatic carboxylic acids is 2. The molecule has 1 unspecified atom stereocenters. The first-order chi connectivity index (χ1) is 6.91. The molecule has 0 amide bonds. The Morgan fingerprint density at radius 2 is 1.40 bits per heavy atom. The van der Waals surface area contributed by atoms with E-state index in [4.69, 9.17) is 14.8 Å². The fraction of sp³-hybridized carbons (Fsp3) is 0. The summed E-state index contributed by atoms with van der Waals surface area (Å²) in [5, 5.41) is 17.2. The molecule has 15 heavy (non-hydrogen) atoms. The van der Waals surface area contributed by atoms with E-state index in [9.17, 15) is 13.8 Å². The molecule has 0 spiro atoms. The molecule has 0 aliphatic carbocycles. The van der Waals surface area contributed by atoms with Gasteiger partial charge in [-0.1, -0.05) is 0 Å². The molecule has 80 valence electrons. The maximum atomic E-state index is 10.7. The molecule has 0 saturated heterocycles. The van der Waals surface area contributed by atoms with Crippen LogP contribution in [0.25, 0.3) is 0 Å². The lowest BCUT2D eigenvalue weighted by atomic mass is 10.1. The highest BCUT2D eigenvalue weighted by Crippen LogP contribution is 2.13. The van der Waals surface area contributed by atoms with Crippen LogP contribution in [-0.2, 0) is 11.1 Å². The fourth-order valence-corrected chi connectivity index (χ4v) is 1.40. The second kappa shape index (κ2) is 4.20. The van der Waals surface area contributed by atoms with Gasteiger partial charge in [-0.3, -0.25) is 0 Å². The van der Waals surface area contributed by atoms with E-state index in [2.05, 4.69) is 0 Å². The fourth-order valence-electron chi connectivity index (χ4n) is 0.947. The van der Waals surface area contributed by atoms with Crippen LogP contribution in [0.3, 0.4) is 0 Å². The van der Waals surface area contributed by atoms with Gasteiger partial charge in [-0.05, 0) is 18.2 Å². The molecule has 0 saturated carbocycles. The number of hydrogen-bond acceptors (Lipinski definition) is 3. The molecule has 7 heteroatoms. The molecule has 1 aromatic rings. The van der Waals surface area contributed by atoms with E-state index < -0.39 is 23.0 Å². The van der Waals surface area contributed by atoms with Gasteiger partial charge in [-0.15, -0.1) is 0 Å². The van der Waals surface area contributed by atoms with E-state index in [1.54, 1.807) is 0 Å². The van der Waals surface area contributed by atoms with E-state index in [1.807, 2.05) is 0 Å². The molecule has 1 rings (SSSR count). The van der Waals surface area contributed by atoms with Crippen LogP contribution in [0.15, 0.2) is 23.1 Å². The van der Waals surface area contributed by atoms with Crippen molar-refractivity contribution in [3.63, 3.8) is 0 Å². The molecule has 1 aromatic carbocycles. The minimum Gasteiger partial charge on any atom is -0.478 e. The summed E-state index contributed by atoms with van der Waals surface area (Å²) in [7, 11) is 0. The van der Waals surface area contributed by atoms with Crippen LogP contribution in [-0.4, -0.2) is 30.9 Å². The minimum absolute atomic E-state index is 0.257. The van der Waals surface area contributed by atoms with Crippen LogP contribution in [0, 0.1) is 0 Å². The molecule has 1 atom stereocenters. The summed E-state index contributed by atoms with van der Waals surface area (Å²) in [5.41, 5.74) is -0.681. The molecule has 0 heterocycles. The Balaban J connectivity index is 3.39. The van der Waals surface area contributed by atoms with Crippen LogP contribution in [0.5, 0.6) is 0 Å². The smallest absolute Gasteiger partial charge is 0.335 e. The first-order valence-electron chi connectivity index (χ1n) is 3.64. The Kier molecular flexibility index (Phi) is 3.17. The molecule has 0 aliphatic heterocycles. The maximum Gasteiger partial charge on any atom is 0.335 e. The van der Waals surface area contributed by atoms with Gasteiger partial charge in [0.15, 0.2) is 11.1 Å². The van der Waals surface area contributed by atoms with E-state index >= 15 is 0 Å². The monoisotopic (exact) mass is 230 g/mol. The third-order valence-corrected chi connectivity index (χ3v) is 2.24. The zero-order valence-electron chi connectivity index (χ0n) is 7.21. The largest absolute Gasteiger partial charge is 0.478 e. The van der Waals surface area contributed by atoms with Crippen molar-refractivity contribution in [2.75, 3.05) is 0 Å². The van der Waals surface area contributed by atoms with Crippen molar-refractivity contribution in [2.24, 2.45) is 0 Å². The van der Waals surface area contributed by atoms with Gasteiger partial charge in [0.1, 0.15) is 0 Å². The zero-order chi connectivity index (χ0) is 11.6. The highest BCUT2D eigenvalue weighted by atomic mass is 32.2. The lowest BCUT2D eigenvalue weighted by Crippen LogP contribution is -2.04. The van der Waals surface area contributed by atoms with Crippen molar-refractivity contribution in [1.29, 1.82) is 0 Å². The first-order valence-corrected chi connectivity index (χ1v) is 4.75. The van der Waals surface area contributed by atoms with Gasteiger partial charge in [0.05, 0.1) is 16.0 Å². The summed E-state index contributed by atoms with van der Waals surface area (Å²) in [6.45, 7) is 0. The quantitative estimate of drug-likeness (QED) is 0.657. The van der Waals surface area contributed by atoms with Gasteiger partial charge >= 0.3 is 11.9 Å². The van der Waals surface area contributed by atoms with Crippen molar-refractivity contribution >= 4 is 23.0 Å². The molecule has 0 bridgehead atoms. The average Bonchev–Trinajstić information content (AvgIpc) is 2.16. The highest BCUT2D eigenvalue weighted by molar-refractivity contribution is 7.79. The van der Waals surface area contributed by atoms with E-state index in [0.717, 1.165) is 18.2 Å². The van der Waals surface area contributed by atoms with Crippen LogP contribution in [0.4, 0.5) is 0 Å². The van der Waals surface area contributed by atoms with E-state index in [1.165, 1.54) is 0 Å². The number of carbonyl (C=O) groups is 2. The van der Waals surface area contributed by atoms with Crippen molar-refractivity contribution in [3.05, 3.63) is 29.3 Å². The normalized spacial score (nSPS) is 12.1. The minimum atomic E-state index is -2.41. The predicted octanol–water partition coefficient (Wildman–Crippen LogP) is 0.664. The Labute approximate surface area is 86.5 Å². The lowest BCUT2D eigenvalue weighted by Gasteiger charge is -2.01. The average molecular weight is 230 g/mol. The molecule has 0 aromatic heterocycles. The van der Waals surface area contributed by atoms with Crippen molar-refractivity contribution in [3.8, 4) is 0 Å². The number of carboxylic acid groups (broad SMARTS) is 2. The summed E-state index contributed by atoms with van der Waals surface area (Å²) >= 11 is -2.41. The summed E-state index contributed by atoms with van der Waals surface area (Å²) in [6.07, 6.45) is 0. The van der Waals surface area contributed by atoms with Crippen LogP contribution >= 0.6 is 0 Å². The van der Waals surface area contributed by atoms with Gasteiger partial charge < -0.3 is 14.8 Å². The standard InChI is InChI=1S/C8H6O6S/c9-7(10)4-1-5(8(11)12)3-6(2-4)15(13)14/h1-3H,(H,9,10)(H,11,12)(H,13,14). The summed E-state index contributed by atoms with van der Waals surface area (Å²) in [6, 6.07) is 2.82. The third kappa shape index (κ3) is 2.61. The van der Waals surface area contributed by atoms with Crippen LogP contribution in [0.1, 0.15) is 20.7 Å². The van der Waals surface area contributed by atoms with Crippen LogP contribution < -0.4 is 0 Å².